The molecule has 0 amide bonds. The smallest absolute Gasteiger partial charge is 0.142 e. The molecule has 4 heteroatoms. The van der Waals surface area contributed by atoms with Crippen LogP contribution in [0.2, 0.25) is 0 Å². The number of benzene rings is 1. The van der Waals surface area contributed by atoms with Crippen LogP contribution in [0.5, 0.6) is 5.75 Å². The number of para-hydroxylation sites is 1. The first kappa shape index (κ1) is 14.5. The van der Waals surface area contributed by atoms with Crippen LogP contribution in [0.1, 0.15) is 43.2 Å². The van der Waals surface area contributed by atoms with Gasteiger partial charge in [0.25, 0.3) is 0 Å². The van der Waals surface area contributed by atoms with Crippen LogP contribution in [0.4, 0.5) is 0 Å². The van der Waals surface area contributed by atoms with Gasteiger partial charge in [-0.1, -0.05) is 25.1 Å². The summed E-state index contributed by atoms with van der Waals surface area (Å²) in [7, 11) is 0. The standard InChI is InChI=1S/C17H19BrN2O/c1-2-9-19-15-10-17(14-8-7-12(18)11-20-14)21-16-6-4-3-5-13(15)16/h3-8,11,15,17,19H,2,9-10H2,1H3. The number of nitrogens with zero attached hydrogens (tertiary/aromatic N) is 1. The van der Waals surface area contributed by atoms with Gasteiger partial charge in [-0.3, -0.25) is 4.98 Å². The number of fused-ring (bicyclic) bond motifs is 1. The summed E-state index contributed by atoms with van der Waals surface area (Å²) in [5.41, 5.74) is 2.23. The minimum atomic E-state index is 0.00218. The van der Waals surface area contributed by atoms with E-state index in [0.29, 0.717) is 6.04 Å². The van der Waals surface area contributed by atoms with Crippen molar-refractivity contribution in [2.24, 2.45) is 0 Å². The van der Waals surface area contributed by atoms with Crippen molar-refractivity contribution in [3.63, 3.8) is 0 Å². The summed E-state index contributed by atoms with van der Waals surface area (Å²) < 4.78 is 7.14. The zero-order valence-corrected chi connectivity index (χ0v) is 13.6. The van der Waals surface area contributed by atoms with Crippen molar-refractivity contribution in [1.82, 2.24) is 10.3 Å². The highest BCUT2D eigenvalue weighted by Gasteiger charge is 2.29. The second-order valence-corrected chi connectivity index (χ2v) is 6.20. The maximum absolute atomic E-state index is 6.15. The Balaban J connectivity index is 1.87. The highest BCUT2D eigenvalue weighted by molar-refractivity contribution is 9.10. The molecule has 0 aliphatic carbocycles. The van der Waals surface area contributed by atoms with Crippen molar-refractivity contribution in [3.05, 3.63) is 58.3 Å². The van der Waals surface area contributed by atoms with E-state index in [2.05, 4.69) is 45.3 Å². The van der Waals surface area contributed by atoms with Crippen molar-refractivity contribution < 1.29 is 4.74 Å². The summed E-state index contributed by atoms with van der Waals surface area (Å²) in [4.78, 5) is 4.49. The number of aromatic nitrogens is 1. The van der Waals surface area contributed by atoms with E-state index >= 15 is 0 Å². The summed E-state index contributed by atoms with van der Waals surface area (Å²) >= 11 is 3.43. The van der Waals surface area contributed by atoms with E-state index in [1.807, 2.05) is 30.5 Å². The number of rotatable bonds is 4. The Morgan fingerprint density at radius 2 is 2.14 bits per heavy atom. The minimum Gasteiger partial charge on any atom is -0.484 e. The Labute approximate surface area is 133 Å². The van der Waals surface area contributed by atoms with Crippen LogP contribution in [-0.2, 0) is 0 Å². The monoisotopic (exact) mass is 346 g/mol. The summed E-state index contributed by atoms with van der Waals surface area (Å²) in [6, 6.07) is 12.6. The molecule has 1 aliphatic rings. The second-order valence-electron chi connectivity index (χ2n) is 5.29. The summed E-state index contributed by atoms with van der Waals surface area (Å²) in [5, 5.41) is 3.62. The lowest BCUT2D eigenvalue weighted by molar-refractivity contribution is 0.147. The molecule has 2 unspecified atom stereocenters. The quantitative estimate of drug-likeness (QED) is 0.890. The Morgan fingerprint density at radius 3 is 2.90 bits per heavy atom. The fourth-order valence-corrected chi connectivity index (χ4v) is 2.92. The molecule has 2 atom stereocenters. The highest BCUT2D eigenvalue weighted by atomic mass is 79.9. The van der Waals surface area contributed by atoms with Crippen molar-refractivity contribution in [2.75, 3.05) is 6.54 Å². The number of ether oxygens (including phenoxy) is 1. The molecule has 21 heavy (non-hydrogen) atoms. The Hall–Kier alpha value is -1.39. The molecule has 2 heterocycles. The predicted octanol–water partition coefficient (Wildman–Crippen LogP) is 4.41. The zero-order chi connectivity index (χ0) is 14.7. The fraction of sp³-hybridized carbons (Fsp3) is 0.353. The average Bonchev–Trinajstić information content (AvgIpc) is 2.53. The highest BCUT2D eigenvalue weighted by Crippen LogP contribution is 2.40. The van der Waals surface area contributed by atoms with Gasteiger partial charge in [0.1, 0.15) is 11.9 Å². The van der Waals surface area contributed by atoms with E-state index < -0.39 is 0 Å². The molecule has 1 aromatic heterocycles. The van der Waals surface area contributed by atoms with Gasteiger partial charge >= 0.3 is 0 Å². The number of hydrogen-bond acceptors (Lipinski definition) is 3. The first-order valence-corrected chi connectivity index (χ1v) is 8.17. The van der Waals surface area contributed by atoms with Crippen LogP contribution >= 0.6 is 15.9 Å². The van der Waals surface area contributed by atoms with E-state index in [9.17, 15) is 0 Å². The average molecular weight is 347 g/mol. The molecule has 0 spiro atoms. The van der Waals surface area contributed by atoms with Crippen molar-refractivity contribution in [3.8, 4) is 5.75 Å². The van der Waals surface area contributed by atoms with Crippen molar-refractivity contribution in [1.29, 1.82) is 0 Å². The number of nitrogens with one attached hydrogen (secondary N) is 1. The lowest BCUT2D eigenvalue weighted by atomic mass is 9.94. The lowest BCUT2D eigenvalue weighted by Gasteiger charge is -2.32. The summed E-state index contributed by atoms with van der Waals surface area (Å²) in [5.74, 6) is 0.965. The molecule has 3 rings (SSSR count). The largest absolute Gasteiger partial charge is 0.484 e. The Bertz CT molecular complexity index is 600. The van der Waals surface area contributed by atoms with Crippen molar-refractivity contribution >= 4 is 15.9 Å². The molecule has 2 aromatic rings. The molecule has 0 saturated heterocycles. The van der Waals surface area contributed by atoms with Gasteiger partial charge in [0.05, 0.1) is 5.69 Å². The molecule has 0 radical (unpaired) electrons. The maximum Gasteiger partial charge on any atom is 0.142 e. The molecular weight excluding hydrogens is 328 g/mol. The molecular formula is C17H19BrN2O. The van der Waals surface area contributed by atoms with Crippen LogP contribution in [0.15, 0.2) is 47.1 Å². The van der Waals surface area contributed by atoms with E-state index in [1.165, 1.54) is 5.56 Å². The van der Waals surface area contributed by atoms with E-state index in [0.717, 1.165) is 35.3 Å². The molecule has 110 valence electrons. The van der Waals surface area contributed by atoms with Gasteiger partial charge in [0.2, 0.25) is 0 Å². The topological polar surface area (TPSA) is 34.2 Å². The van der Waals surface area contributed by atoms with Crippen LogP contribution in [0.25, 0.3) is 0 Å². The minimum absolute atomic E-state index is 0.00218. The van der Waals surface area contributed by atoms with Gasteiger partial charge in [-0.25, -0.2) is 0 Å². The van der Waals surface area contributed by atoms with Crippen LogP contribution in [0.3, 0.4) is 0 Å². The predicted molar refractivity (Wildman–Crippen MR) is 87.4 cm³/mol. The van der Waals surface area contributed by atoms with Crippen LogP contribution in [-0.4, -0.2) is 11.5 Å². The first-order valence-electron chi connectivity index (χ1n) is 7.38. The molecule has 3 nitrogen and oxygen atoms in total. The summed E-state index contributed by atoms with van der Waals surface area (Å²) in [6.45, 7) is 3.20. The van der Waals surface area contributed by atoms with Gasteiger partial charge in [-0.15, -0.1) is 0 Å². The van der Waals surface area contributed by atoms with Gasteiger partial charge in [-0.2, -0.15) is 0 Å². The zero-order valence-electron chi connectivity index (χ0n) is 12.1. The Morgan fingerprint density at radius 1 is 1.29 bits per heavy atom. The molecule has 0 saturated carbocycles. The van der Waals surface area contributed by atoms with E-state index in [4.69, 9.17) is 4.74 Å². The molecule has 1 aromatic carbocycles. The first-order chi connectivity index (χ1) is 10.3. The third kappa shape index (κ3) is 3.27. The maximum atomic E-state index is 6.15. The van der Waals surface area contributed by atoms with Crippen molar-refractivity contribution in [2.45, 2.75) is 31.9 Å². The fourth-order valence-electron chi connectivity index (χ4n) is 2.69. The summed E-state index contributed by atoms with van der Waals surface area (Å²) in [6.07, 6.45) is 3.86. The molecule has 0 bridgehead atoms. The molecule has 1 aliphatic heterocycles. The second kappa shape index (κ2) is 6.58. The van der Waals surface area contributed by atoms with Crippen LogP contribution < -0.4 is 10.1 Å². The van der Waals surface area contributed by atoms with Gasteiger partial charge < -0.3 is 10.1 Å². The molecule has 0 fully saturated rings. The lowest BCUT2D eigenvalue weighted by Crippen LogP contribution is -2.29. The van der Waals surface area contributed by atoms with Gasteiger partial charge in [0, 0.05) is 28.7 Å². The van der Waals surface area contributed by atoms with E-state index in [-0.39, 0.29) is 6.10 Å². The third-order valence-corrected chi connectivity index (χ3v) is 4.20. The number of pyridine rings is 1. The third-order valence-electron chi connectivity index (χ3n) is 3.73. The number of hydrogen-bond donors (Lipinski definition) is 1. The van der Waals surface area contributed by atoms with Gasteiger partial charge in [0.15, 0.2) is 0 Å². The van der Waals surface area contributed by atoms with Crippen LogP contribution in [0, 0.1) is 0 Å². The normalized spacial score (nSPS) is 20.7. The van der Waals surface area contributed by atoms with E-state index in [1.54, 1.807) is 0 Å². The number of halogens is 1. The Kier molecular flexibility index (Phi) is 4.56. The van der Waals surface area contributed by atoms with Gasteiger partial charge in [-0.05, 0) is 47.1 Å². The molecule has 1 N–H and O–H groups in total. The SMILES string of the molecule is CCCNC1CC(c2ccc(Br)cn2)Oc2ccccc21.